The van der Waals surface area contributed by atoms with E-state index >= 15 is 0 Å². The highest BCUT2D eigenvalue weighted by molar-refractivity contribution is 6.06. The summed E-state index contributed by atoms with van der Waals surface area (Å²) in [5.41, 5.74) is -0.621. The average Bonchev–Trinajstić information content (AvgIpc) is 3.18. The maximum atomic E-state index is 13.1. The van der Waals surface area contributed by atoms with Crippen molar-refractivity contribution in [3.05, 3.63) is 29.3 Å². The lowest BCUT2D eigenvalue weighted by molar-refractivity contribution is -0.197. The number of hydrogen-bond donors (Lipinski definition) is 0. The van der Waals surface area contributed by atoms with Crippen LogP contribution in [0.5, 0.6) is 11.5 Å². The lowest BCUT2D eigenvalue weighted by Crippen LogP contribution is -2.62. The van der Waals surface area contributed by atoms with Gasteiger partial charge in [-0.3, -0.25) is 14.4 Å². The predicted molar refractivity (Wildman–Crippen MR) is 97.3 cm³/mol. The van der Waals surface area contributed by atoms with Crippen LogP contribution in [0.3, 0.4) is 0 Å². The normalized spacial score (nSPS) is 36.0. The summed E-state index contributed by atoms with van der Waals surface area (Å²) in [6, 6.07) is 5.01. The topological polar surface area (TPSA) is 97.4 Å². The van der Waals surface area contributed by atoms with E-state index in [-0.39, 0.29) is 18.4 Å². The summed E-state index contributed by atoms with van der Waals surface area (Å²) in [4.78, 5) is 36.9. The third kappa shape index (κ3) is 2.36. The molecule has 4 saturated heterocycles. The van der Waals surface area contributed by atoms with Gasteiger partial charge in [-0.05, 0) is 30.2 Å². The van der Waals surface area contributed by atoms with E-state index < -0.39 is 29.2 Å². The molecule has 4 aliphatic rings. The molecule has 8 nitrogen and oxygen atoms in total. The van der Waals surface area contributed by atoms with Gasteiger partial charge in [0.05, 0.1) is 7.11 Å². The van der Waals surface area contributed by atoms with Gasteiger partial charge in [-0.2, -0.15) is 0 Å². The molecule has 0 unspecified atom stereocenters. The Kier molecular flexibility index (Phi) is 3.88. The predicted octanol–water partition coefficient (Wildman–Crippen LogP) is 1.45. The van der Waals surface area contributed by atoms with E-state index in [4.69, 9.17) is 23.7 Å². The van der Waals surface area contributed by atoms with Crippen molar-refractivity contribution in [2.75, 3.05) is 20.3 Å². The zero-order valence-electron chi connectivity index (χ0n) is 16.1. The Morgan fingerprint density at radius 3 is 2.86 bits per heavy atom. The molecule has 4 fully saturated rings. The second kappa shape index (κ2) is 6.14. The molecule has 2 bridgehead atoms. The van der Waals surface area contributed by atoms with Crippen LogP contribution in [0.15, 0.2) is 23.8 Å². The van der Waals surface area contributed by atoms with Gasteiger partial charge in [0.15, 0.2) is 17.3 Å². The van der Waals surface area contributed by atoms with Gasteiger partial charge < -0.3 is 23.7 Å². The van der Waals surface area contributed by atoms with Gasteiger partial charge >= 0.3 is 11.9 Å². The number of cyclic esters (lactones) is 1. The van der Waals surface area contributed by atoms with E-state index in [0.29, 0.717) is 42.1 Å². The largest absolute Gasteiger partial charge is 0.493 e. The fraction of sp³-hybridized carbons (Fsp3) is 0.476. The van der Waals surface area contributed by atoms with Crippen molar-refractivity contribution in [1.29, 1.82) is 0 Å². The zero-order chi connectivity index (χ0) is 20.4. The minimum absolute atomic E-state index is 0.0896. The van der Waals surface area contributed by atoms with E-state index in [9.17, 15) is 14.4 Å². The van der Waals surface area contributed by atoms with Crippen molar-refractivity contribution in [1.82, 2.24) is 0 Å². The van der Waals surface area contributed by atoms with Crippen LogP contribution in [-0.4, -0.2) is 55.9 Å². The average molecular weight is 400 g/mol. The van der Waals surface area contributed by atoms with Crippen LogP contribution in [0.25, 0.3) is 6.08 Å². The summed E-state index contributed by atoms with van der Waals surface area (Å²) in [6.07, 6.45) is 1.21. The highest BCUT2D eigenvalue weighted by Gasteiger charge is 2.77. The van der Waals surface area contributed by atoms with Crippen molar-refractivity contribution in [3.63, 3.8) is 0 Å². The lowest BCUT2D eigenvalue weighted by Gasteiger charge is -2.46. The third-order valence-electron chi connectivity index (χ3n) is 6.36. The number of Topliss-reactive ketones (excluding diaryl/α,β-unsaturated/α-hetero) is 1. The Labute approximate surface area is 166 Å². The van der Waals surface area contributed by atoms with Gasteiger partial charge in [-0.15, -0.1) is 0 Å². The molecule has 0 saturated carbocycles. The van der Waals surface area contributed by atoms with Gasteiger partial charge in [0.25, 0.3) is 0 Å². The molecule has 0 aromatic heterocycles. The summed E-state index contributed by atoms with van der Waals surface area (Å²) >= 11 is 0. The van der Waals surface area contributed by atoms with Gasteiger partial charge in [-0.25, -0.2) is 0 Å². The van der Waals surface area contributed by atoms with Gasteiger partial charge in [0.1, 0.15) is 29.8 Å². The number of carbonyl (C=O) groups excluding carboxylic acids is 3. The molecule has 0 aliphatic carbocycles. The summed E-state index contributed by atoms with van der Waals surface area (Å²) in [6.45, 7) is 1.76. The number of methoxy groups -OCH3 is 1. The Morgan fingerprint density at radius 1 is 1.28 bits per heavy atom. The minimum Gasteiger partial charge on any atom is -0.493 e. The number of esters is 2. The van der Waals surface area contributed by atoms with Crippen LogP contribution in [0.1, 0.15) is 25.3 Å². The fourth-order valence-electron chi connectivity index (χ4n) is 5.07. The van der Waals surface area contributed by atoms with Crippen LogP contribution in [-0.2, 0) is 28.6 Å². The maximum Gasteiger partial charge on any atom is 0.315 e. The summed E-state index contributed by atoms with van der Waals surface area (Å²) < 4.78 is 27.9. The Morgan fingerprint density at radius 2 is 2.10 bits per heavy atom. The zero-order valence-corrected chi connectivity index (χ0v) is 16.1. The standard InChI is InChI=1S/C21H20O8/c1-11(22)28-14-4-3-12(8-15(14)25-2)7-13-17(23)16-9-20-5-6-26-18(13)21(20,29-16)10-27-19(20)24/h3-4,7-8,16,18H,5-6,9-10H2,1-2H3/b13-7-/t16-,18+,20-,21-/m1/s1. The second-order valence-corrected chi connectivity index (χ2v) is 7.83. The molecular formula is C21H20O8. The quantitative estimate of drug-likeness (QED) is 0.427. The number of hydrogen-bond acceptors (Lipinski definition) is 8. The molecule has 1 aromatic rings. The monoisotopic (exact) mass is 400 g/mol. The molecule has 1 spiro atoms. The molecule has 0 N–H and O–H groups in total. The van der Waals surface area contributed by atoms with Crippen molar-refractivity contribution in [2.24, 2.45) is 5.41 Å². The summed E-state index contributed by atoms with van der Waals surface area (Å²) in [5, 5.41) is 0. The molecule has 1 aromatic carbocycles. The van der Waals surface area contributed by atoms with Crippen LogP contribution < -0.4 is 9.47 Å². The molecule has 29 heavy (non-hydrogen) atoms. The van der Waals surface area contributed by atoms with E-state index in [1.54, 1.807) is 24.3 Å². The molecule has 0 radical (unpaired) electrons. The Hall–Kier alpha value is -2.71. The first-order valence-corrected chi connectivity index (χ1v) is 9.49. The second-order valence-electron chi connectivity index (χ2n) is 7.83. The smallest absolute Gasteiger partial charge is 0.315 e. The Bertz CT molecular complexity index is 965. The van der Waals surface area contributed by atoms with Gasteiger partial charge in [0, 0.05) is 25.5 Å². The van der Waals surface area contributed by atoms with E-state index in [2.05, 4.69) is 0 Å². The SMILES string of the molecule is COc1cc(/C=C2/C(=O)[C@H]3C[C@@]45CCO[C@@H]2[C@@]4(COC5=O)O3)ccc1OC(C)=O. The van der Waals surface area contributed by atoms with E-state index in [1.807, 2.05) is 0 Å². The van der Waals surface area contributed by atoms with Crippen LogP contribution in [0.2, 0.25) is 0 Å². The first-order valence-electron chi connectivity index (χ1n) is 9.49. The summed E-state index contributed by atoms with van der Waals surface area (Å²) in [5.74, 6) is -0.264. The number of carbonyl (C=O) groups is 3. The third-order valence-corrected chi connectivity index (χ3v) is 6.36. The lowest BCUT2D eigenvalue weighted by atomic mass is 9.67. The van der Waals surface area contributed by atoms with Crippen LogP contribution >= 0.6 is 0 Å². The van der Waals surface area contributed by atoms with E-state index in [1.165, 1.54) is 14.0 Å². The maximum absolute atomic E-state index is 13.1. The number of benzene rings is 1. The van der Waals surface area contributed by atoms with Crippen molar-refractivity contribution < 1.29 is 38.1 Å². The molecule has 4 atom stereocenters. The number of ether oxygens (including phenoxy) is 5. The van der Waals surface area contributed by atoms with Crippen molar-refractivity contribution in [2.45, 2.75) is 37.6 Å². The fourth-order valence-corrected chi connectivity index (χ4v) is 5.07. The van der Waals surface area contributed by atoms with Crippen molar-refractivity contribution >= 4 is 23.8 Å². The van der Waals surface area contributed by atoms with Gasteiger partial charge in [-0.1, -0.05) is 6.07 Å². The molecule has 8 heteroatoms. The molecule has 5 rings (SSSR count). The summed E-state index contributed by atoms with van der Waals surface area (Å²) in [7, 11) is 1.47. The molecule has 4 heterocycles. The number of fused-ring (bicyclic) bond motifs is 1. The van der Waals surface area contributed by atoms with Crippen molar-refractivity contribution in [3.8, 4) is 11.5 Å². The highest BCUT2D eigenvalue weighted by atomic mass is 16.6. The van der Waals surface area contributed by atoms with Gasteiger partial charge in [0.2, 0.25) is 0 Å². The minimum atomic E-state index is -0.950. The number of ketones is 1. The molecule has 4 aliphatic heterocycles. The number of rotatable bonds is 3. The van der Waals surface area contributed by atoms with Crippen LogP contribution in [0.4, 0.5) is 0 Å². The van der Waals surface area contributed by atoms with Crippen LogP contribution in [0, 0.1) is 5.41 Å². The molecule has 152 valence electrons. The first-order chi connectivity index (χ1) is 13.9. The van der Waals surface area contributed by atoms with E-state index in [0.717, 1.165) is 0 Å². The first kappa shape index (κ1) is 18.3. The molecule has 0 amide bonds. The molecular weight excluding hydrogens is 380 g/mol. The highest BCUT2D eigenvalue weighted by Crippen LogP contribution is 2.62. The Balaban J connectivity index is 1.57.